The van der Waals surface area contributed by atoms with Crippen LogP contribution in [0.5, 0.6) is 0 Å². The van der Waals surface area contributed by atoms with Gasteiger partial charge in [0.1, 0.15) is 0 Å². The van der Waals surface area contributed by atoms with Gasteiger partial charge in [-0.15, -0.1) is 0 Å². The van der Waals surface area contributed by atoms with E-state index in [1.807, 2.05) is 7.05 Å². The van der Waals surface area contributed by atoms with Gasteiger partial charge in [0.2, 0.25) is 0 Å². The van der Waals surface area contributed by atoms with Crippen molar-refractivity contribution in [1.29, 1.82) is 0 Å². The van der Waals surface area contributed by atoms with Crippen LogP contribution >= 0.6 is 0 Å². The van der Waals surface area contributed by atoms with Crippen LogP contribution in [0, 0.1) is 5.41 Å². The van der Waals surface area contributed by atoms with Crippen molar-refractivity contribution in [2.75, 3.05) is 19.3 Å². The Morgan fingerprint density at radius 3 is 2.20 bits per heavy atom. The van der Waals surface area contributed by atoms with Gasteiger partial charge in [-0.2, -0.15) is 0 Å². The van der Waals surface area contributed by atoms with Crippen LogP contribution in [0.3, 0.4) is 0 Å². The molecule has 0 aromatic heterocycles. The average Bonchev–Trinajstić information content (AvgIpc) is 2.15. The van der Waals surface area contributed by atoms with E-state index in [9.17, 15) is 8.42 Å². The zero-order valence-corrected chi connectivity index (χ0v) is 11.4. The molecule has 1 unspecified atom stereocenters. The Bertz CT molecular complexity index is 272. The molecule has 0 radical (unpaired) electrons. The van der Waals surface area contributed by atoms with Crippen molar-refractivity contribution >= 4 is 9.84 Å². The molecule has 1 atom stereocenters. The molecule has 0 spiro atoms. The fourth-order valence-corrected chi connectivity index (χ4v) is 2.69. The second-order valence-corrected chi connectivity index (χ2v) is 7.54. The van der Waals surface area contributed by atoms with Crippen LogP contribution in [-0.2, 0) is 9.84 Å². The molecule has 92 valence electrons. The quantitative estimate of drug-likeness (QED) is 0.732. The number of hydrogen-bond acceptors (Lipinski definition) is 3. The van der Waals surface area contributed by atoms with Crippen molar-refractivity contribution in [3.63, 3.8) is 0 Å². The van der Waals surface area contributed by atoms with E-state index >= 15 is 0 Å². The predicted molar refractivity (Wildman–Crippen MR) is 65.9 cm³/mol. The molecule has 15 heavy (non-hydrogen) atoms. The highest BCUT2D eigenvalue weighted by molar-refractivity contribution is 7.91. The Morgan fingerprint density at radius 2 is 1.87 bits per heavy atom. The molecular weight excluding hydrogens is 210 g/mol. The van der Waals surface area contributed by atoms with Crippen LogP contribution in [0.2, 0.25) is 0 Å². The van der Waals surface area contributed by atoms with Gasteiger partial charge in [0.05, 0.1) is 11.0 Å². The summed E-state index contributed by atoms with van der Waals surface area (Å²) in [6.07, 6.45) is 1.74. The SMILES string of the molecule is CCC(C)(CCS(=O)(=O)C(C)C)CNC. The first-order valence-electron chi connectivity index (χ1n) is 5.63. The minimum absolute atomic E-state index is 0.0940. The summed E-state index contributed by atoms with van der Waals surface area (Å²) in [5.74, 6) is 0.302. The topological polar surface area (TPSA) is 46.2 Å². The Morgan fingerprint density at radius 1 is 1.33 bits per heavy atom. The third-order valence-corrected chi connectivity index (χ3v) is 5.38. The zero-order valence-electron chi connectivity index (χ0n) is 10.6. The van der Waals surface area contributed by atoms with E-state index in [0.29, 0.717) is 5.75 Å². The highest BCUT2D eigenvalue weighted by Crippen LogP contribution is 2.25. The summed E-state index contributed by atoms with van der Waals surface area (Å²) in [6.45, 7) is 8.61. The third kappa shape index (κ3) is 4.98. The van der Waals surface area contributed by atoms with E-state index in [0.717, 1.165) is 19.4 Å². The van der Waals surface area contributed by atoms with Gasteiger partial charge in [0.15, 0.2) is 9.84 Å². The standard InChI is InChI=1S/C11H25NO2S/c1-6-11(4,9-12-5)7-8-15(13,14)10(2)3/h10,12H,6-9H2,1-5H3. The van der Waals surface area contributed by atoms with Crippen molar-refractivity contribution in [3.05, 3.63) is 0 Å². The van der Waals surface area contributed by atoms with Crippen LogP contribution in [0.1, 0.15) is 40.5 Å². The highest BCUT2D eigenvalue weighted by Gasteiger charge is 2.25. The second-order valence-electron chi connectivity index (χ2n) is 4.86. The number of sulfone groups is 1. The monoisotopic (exact) mass is 235 g/mol. The van der Waals surface area contributed by atoms with Crippen molar-refractivity contribution in [2.45, 2.75) is 45.8 Å². The van der Waals surface area contributed by atoms with Crippen molar-refractivity contribution in [2.24, 2.45) is 5.41 Å². The van der Waals surface area contributed by atoms with Gasteiger partial charge >= 0.3 is 0 Å². The second kappa shape index (κ2) is 5.85. The fourth-order valence-electron chi connectivity index (χ4n) is 1.44. The lowest BCUT2D eigenvalue weighted by atomic mass is 9.85. The summed E-state index contributed by atoms with van der Waals surface area (Å²) >= 11 is 0. The Labute approximate surface area is 94.6 Å². The number of hydrogen-bond donors (Lipinski definition) is 1. The maximum Gasteiger partial charge on any atom is 0.152 e. The first kappa shape index (κ1) is 14.9. The lowest BCUT2D eigenvalue weighted by molar-refractivity contribution is 0.290. The molecule has 0 aliphatic rings. The van der Waals surface area contributed by atoms with Crippen LogP contribution in [-0.4, -0.2) is 33.0 Å². The maximum atomic E-state index is 11.7. The molecule has 4 heteroatoms. The third-order valence-electron chi connectivity index (χ3n) is 3.17. The predicted octanol–water partition coefficient (Wildman–Crippen LogP) is 1.84. The summed E-state index contributed by atoms with van der Waals surface area (Å²) in [7, 11) is -0.980. The van der Waals surface area contributed by atoms with Gasteiger partial charge < -0.3 is 5.32 Å². The lowest BCUT2D eigenvalue weighted by Crippen LogP contribution is -2.32. The molecule has 0 amide bonds. The molecule has 0 saturated heterocycles. The molecule has 0 heterocycles. The summed E-state index contributed by atoms with van der Waals surface area (Å²) in [5.41, 5.74) is 0.0940. The van der Waals surface area contributed by atoms with E-state index in [1.165, 1.54) is 0 Å². The maximum absolute atomic E-state index is 11.7. The molecule has 0 aromatic carbocycles. The normalized spacial score (nSPS) is 16.7. The van der Waals surface area contributed by atoms with E-state index < -0.39 is 9.84 Å². The van der Waals surface area contributed by atoms with Crippen LogP contribution in [0.4, 0.5) is 0 Å². The van der Waals surface area contributed by atoms with Crippen LogP contribution in [0.15, 0.2) is 0 Å². The summed E-state index contributed by atoms with van der Waals surface area (Å²) < 4.78 is 23.4. The summed E-state index contributed by atoms with van der Waals surface area (Å²) in [5, 5.41) is 2.87. The molecule has 0 aromatic rings. The van der Waals surface area contributed by atoms with Gasteiger partial charge in [-0.25, -0.2) is 8.42 Å². The van der Waals surface area contributed by atoms with Gasteiger partial charge in [-0.1, -0.05) is 13.8 Å². The van der Waals surface area contributed by atoms with E-state index in [1.54, 1.807) is 13.8 Å². The molecule has 0 aliphatic carbocycles. The smallest absolute Gasteiger partial charge is 0.152 e. The Kier molecular flexibility index (Phi) is 5.81. The Hall–Kier alpha value is -0.0900. The van der Waals surface area contributed by atoms with Crippen LogP contribution in [0.25, 0.3) is 0 Å². The first-order valence-corrected chi connectivity index (χ1v) is 7.35. The van der Waals surface area contributed by atoms with Crippen molar-refractivity contribution in [1.82, 2.24) is 5.32 Å². The minimum Gasteiger partial charge on any atom is -0.319 e. The van der Waals surface area contributed by atoms with Gasteiger partial charge in [-0.3, -0.25) is 0 Å². The van der Waals surface area contributed by atoms with Crippen molar-refractivity contribution in [3.8, 4) is 0 Å². The van der Waals surface area contributed by atoms with Crippen molar-refractivity contribution < 1.29 is 8.42 Å². The molecule has 3 nitrogen and oxygen atoms in total. The van der Waals surface area contributed by atoms with Gasteiger partial charge in [-0.05, 0) is 39.2 Å². The molecular formula is C11H25NO2S. The fraction of sp³-hybridized carbons (Fsp3) is 1.00. The molecule has 0 rings (SSSR count). The van der Waals surface area contributed by atoms with E-state index in [4.69, 9.17) is 0 Å². The minimum atomic E-state index is -2.89. The van der Waals surface area contributed by atoms with Crippen LogP contribution < -0.4 is 5.32 Å². The first-order chi connectivity index (χ1) is 6.77. The average molecular weight is 235 g/mol. The van der Waals surface area contributed by atoms with E-state index in [2.05, 4.69) is 19.2 Å². The van der Waals surface area contributed by atoms with E-state index in [-0.39, 0.29) is 10.7 Å². The summed E-state index contributed by atoms with van der Waals surface area (Å²) in [6, 6.07) is 0. The Balaban J connectivity index is 4.36. The molecule has 0 fully saturated rings. The summed E-state index contributed by atoms with van der Waals surface area (Å²) in [4.78, 5) is 0. The number of nitrogens with one attached hydrogen (secondary N) is 1. The number of rotatable bonds is 7. The molecule has 0 saturated carbocycles. The van der Waals surface area contributed by atoms with Gasteiger partial charge in [0, 0.05) is 6.54 Å². The van der Waals surface area contributed by atoms with Gasteiger partial charge in [0.25, 0.3) is 0 Å². The zero-order chi connectivity index (χ0) is 12.1. The largest absolute Gasteiger partial charge is 0.319 e. The molecule has 0 bridgehead atoms. The molecule has 1 N–H and O–H groups in total. The highest BCUT2D eigenvalue weighted by atomic mass is 32.2. The molecule has 0 aliphatic heterocycles. The lowest BCUT2D eigenvalue weighted by Gasteiger charge is -2.28.